The number of phenolic OH excluding ortho intramolecular Hbond substituents is 1. The second kappa shape index (κ2) is 9.01. The van der Waals surface area contributed by atoms with Gasteiger partial charge in [-0.05, 0) is 47.8 Å². The van der Waals surface area contributed by atoms with Gasteiger partial charge < -0.3 is 14.9 Å². The van der Waals surface area contributed by atoms with Gasteiger partial charge in [0.25, 0.3) is 21.8 Å². The summed E-state index contributed by atoms with van der Waals surface area (Å²) in [7, 11) is -3.65. The van der Waals surface area contributed by atoms with Gasteiger partial charge in [-0.1, -0.05) is 18.2 Å². The van der Waals surface area contributed by atoms with E-state index >= 15 is 0 Å². The predicted molar refractivity (Wildman–Crippen MR) is 121 cm³/mol. The normalized spacial score (nSPS) is 14.2. The average molecular weight is 472 g/mol. The van der Waals surface area contributed by atoms with E-state index < -0.39 is 10.0 Å². The van der Waals surface area contributed by atoms with Crippen LogP contribution in [0.4, 0.5) is 5.69 Å². The standard InChI is InChI=1S/C22H21N3O5S2/c26-19-5-2-1-4-18(19)22(28)25-13-11-24(12-14-25)21(27)16-7-9-17(10-8-16)23-32(29,30)20-6-3-15-31-20/h1-10,15,23,26H,11-14H2. The summed E-state index contributed by atoms with van der Waals surface area (Å²) in [6.07, 6.45) is 0. The molecule has 0 spiro atoms. The molecule has 1 aliphatic heterocycles. The maximum Gasteiger partial charge on any atom is 0.271 e. The quantitative estimate of drug-likeness (QED) is 0.595. The van der Waals surface area contributed by atoms with Crippen LogP contribution in [0.1, 0.15) is 20.7 Å². The molecule has 1 saturated heterocycles. The molecule has 0 bridgehead atoms. The summed E-state index contributed by atoms with van der Waals surface area (Å²) in [5.41, 5.74) is 1.05. The largest absolute Gasteiger partial charge is 0.507 e. The first-order valence-electron chi connectivity index (χ1n) is 9.88. The van der Waals surface area contributed by atoms with Crippen LogP contribution in [-0.2, 0) is 10.0 Å². The summed E-state index contributed by atoms with van der Waals surface area (Å²) in [5, 5.41) is 11.6. The molecular formula is C22H21N3O5S2. The Morgan fingerprint density at radius 1 is 0.844 bits per heavy atom. The van der Waals surface area contributed by atoms with E-state index in [-0.39, 0.29) is 27.3 Å². The summed E-state index contributed by atoms with van der Waals surface area (Å²) in [6.45, 7) is 1.45. The van der Waals surface area contributed by atoms with Crippen LogP contribution in [-0.4, -0.2) is 61.3 Å². The van der Waals surface area contributed by atoms with E-state index in [0.29, 0.717) is 37.4 Å². The summed E-state index contributed by atoms with van der Waals surface area (Å²) >= 11 is 1.12. The van der Waals surface area contributed by atoms with Gasteiger partial charge in [0.1, 0.15) is 9.96 Å². The lowest BCUT2D eigenvalue weighted by Gasteiger charge is -2.35. The molecule has 1 aliphatic rings. The zero-order valence-corrected chi connectivity index (χ0v) is 18.6. The van der Waals surface area contributed by atoms with Crippen LogP contribution in [0.2, 0.25) is 0 Å². The van der Waals surface area contributed by atoms with Gasteiger partial charge in [0.05, 0.1) is 5.56 Å². The van der Waals surface area contributed by atoms with Crippen molar-refractivity contribution >= 4 is 38.9 Å². The van der Waals surface area contributed by atoms with Gasteiger partial charge in [0.15, 0.2) is 0 Å². The Kier molecular flexibility index (Phi) is 6.15. The highest BCUT2D eigenvalue weighted by atomic mass is 32.2. The second-order valence-electron chi connectivity index (χ2n) is 7.22. The van der Waals surface area contributed by atoms with Crippen LogP contribution >= 0.6 is 11.3 Å². The highest BCUT2D eigenvalue weighted by Crippen LogP contribution is 2.22. The van der Waals surface area contributed by atoms with Gasteiger partial charge in [-0.15, -0.1) is 11.3 Å². The number of rotatable bonds is 5. The number of hydrogen-bond acceptors (Lipinski definition) is 6. The number of carbonyl (C=O) groups is 2. The van der Waals surface area contributed by atoms with E-state index in [1.807, 2.05) is 0 Å². The number of para-hydroxylation sites is 1. The number of piperazine rings is 1. The second-order valence-corrected chi connectivity index (χ2v) is 10.1. The van der Waals surface area contributed by atoms with Crippen molar-refractivity contribution < 1.29 is 23.1 Å². The molecule has 166 valence electrons. The number of phenols is 1. The van der Waals surface area contributed by atoms with Crippen LogP contribution in [0.3, 0.4) is 0 Å². The topological polar surface area (TPSA) is 107 Å². The van der Waals surface area contributed by atoms with Crippen LogP contribution in [0.5, 0.6) is 5.75 Å². The Hall–Kier alpha value is -3.37. The van der Waals surface area contributed by atoms with Crippen molar-refractivity contribution in [1.82, 2.24) is 9.80 Å². The number of hydrogen-bond donors (Lipinski definition) is 2. The highest BCUT2D eigenvalue weighted by molar-refractivity contribution is 7.94. The van der Waals surface area contributed by atoms with E-state index in [4.69, 9.17) is 0 Å². The van der Waals surface area contributed by atoms with Gasteiger partial charge in [-0.3, -0.25) is 14.3 Å². The number of amides is 2. The number of carbonyl (C=O) groups excluding carboxylic acids is 2. The average Bonchev–Trinajstić information content (AvgIpc) is 3.35. The lowest BCUT2D eigenvalue weighted by molar-refractivity contribution is 0.0533. The number of aromatic hydroxyl groups is 1. The number of nitrogens with zero attached hydrogens (tertiary/aromatic N) is 2. The van der Waals surface area contributed by atoms with Gasteiger partial charge in [0, 0.05) is 37.4 Å². The monoisotopic (exact) mass is 471 g/mol. The molecule has 0 radical (unpaired) electrons. The third-order valence-corrected chi connectivity index (χ3v) is 7.91. The van der Waals surface area contributed by atoms with Gasteiger partial charge >= 0.3 is 0 Å². The first-order chi connectivity index (χ1) is 15.3. The van der Waals surface area contributed by atoms with Crippen molar-refractivity contribution in [2.24, 2.45) is 0 Å². The van der Waals surface area contributed by atoms with Crippen molar-refractivity contribution in [2.75, 3.05) is 30.9 Å². The number of nitrogens with one attached hydrogen (secondary N) is 1. The Labute approximate surface area is 189 Å². The minimum Gasteiger partial charge on any atom is -0.507 e. The molecule has 0 atom stereocenters. The molecule has 8 nitrogen and oxygen atoms in total. The van der Waals surface area contributed by atoms with Crippen molar-refractivity contribution in [3.8, 4) is 5.75 Å². The number of sulfonamides is 1. The van der Waals surface area contributed by atoms with Crippen molar-refractivity contribution in [3.63, 3.8) is 0 Å². The summed E-state index contributed by atoms with van der Waals surface area (Å²) in [4.78, 5) is 28.7. The zero-order valence-electron chi connectivity index (χ0n) is 17.0. The summed E-state index contributed by atoms with van der Waals surface area (Å²) < 4.78 is 27.3. The SMILES string of the molecule is O=C(c1ccc(NS(=O)(=O)c2cccs2)cc1)N1CCN(C(=O)c2ccccc2O)CC1. The maximum atomic E-state index is 12.8. The molecular weight excluding hydrogens is 450 g/mol. The van der Waals surface area contributed by atoms with Crippen LogP contribution in [0.25, 0.3) is 0 Å². The van der Waals surface area contributed by atoms with Crippen LogP contribution < -0.4 is 4.72 Å². The lowest BCUT2D eigenvalue weighted by Crippen LogP contribution is -2.50. The molecule has 2 N–H and O–H groups in total. The van der Waals surface area contributed by atoms with Crippen molar-refractivity contribution in [3.05, 3.63) is 77.2 Å². The molecule has 32 heavy (non-hydrogen) atoms. The smallest absolute Gasteiger partial charge is 0.271 e. The molecule has 0 aliphatic carbocycles. The predicted octanol–water partition coefficient (Wildman–Crippen LogP) is 2.85. The summed E-state index contributed by atoms with van der Waals surface area (Å²) in [6, 6.07) is 15.8. The van der Waals surface area contributed by atoms with E-state index in [1.165, 1.54) is 12.1 Å². The van der Waals surface area contributed by atoms with E-state index in [2.05, 4.69) is 4.72 Å². The molecule has 3 aromatic rings. The maximum absolute atomic E-state index is 12.8. The Balaban J connectivity index is 1.36. The third-order valence-electron chi connectivity index (χ3n) is 5.13. The summed E-state index contributed by atoms with van der Waals surface area (Å²) in [5.74, 6) is -0.518. The number of thiophene rings is 1. The molecule has 1 fully saturated rings. The Morgan fingerprint density at radius 3 is 2.06 bits per heavy atom. The first kappa shape index (κ1) is 21.8. The fourth-order valence-electron chi connectivity index (χ4n) is 3.42. The zero-order chi connectivity index (χ0) is 22.7. The van der Waals surface area contributed by atoms with Gasteiger partial charge in [-0.2, -0.15) is 0 Å². The highest BCUT2D eigenvalue weighted by Gasteiger charge is 2.26. The van der Waals surface area contributed by atoms with Crippen LogP contribution in [0, 0.1) is 0 Å². The Bertz CT molecular complexity index is 1220. The molecule has 10 heteroatoms. The lowest BCUT2D eigenvalue weighted by atomic mass is 10.1. The fraction of sp³-hybridized carbons (Fsp3) is 0.182. The Morgan fingerprint density at radius 2 is 1.47 bits per heavy atom. The third kappa shape index (κ3) is 4.61. The first-order valence-corrected chi connectivity index (χ1v) is 12.2. The minimum absolute atomic E-state index is 0.0641. The fourth-order valence-corrected chi connectivity index (χ4v) is 5.47. The van der Waals surface area contributed by atoms with E-state index in [0.717, 1.165) is 11.3 Å². The molecule has 2 amide bonds. The van der Waals surface area contributed by atoms with Crippen LogP contribution in [0.15, 0.2) is 70.3 Å². The molecule has 4 rings (SSSR count). The molecule has 2 heterocycles. The number of anilines is 1. The number of benzene rings is 2. The molecule has 1 aromatic heterocycles. The molecule has 0 unspecified atom stereocenters. The van der Waals surface area contributed by atoms with E-state index in [1.54, 1.807) is 63.7 Å². The minimum atomic E-state index is -3.65. The van der Waals surface area contributed by atoms with Crippen molar-refractivity contribution in [2.45, 2.75) is 4.21 Å². The van der Waals surface area contributed by atoms with Crippen molar-refractivity contribution in [1.29, 1.82) is 0 Å². The van der Waals surface area contributed by atoms with E-state index in [9.17, 15) is 23.1 Å². The molecule has 0 saturated carbocycles. The molecule has 2 aromatic carbocycles. The van der Waals surface area contributed by atoms with Gasteiger partial charge in [-0.25, -0.2) is 8.42 Å². The van der Waals surface area contributed by atoms with Gasteiger partial charge in [0.2, 0.25) is 0 Å².